The molecule has 182 valence electrons. The van der Waals surface area contributed by atoms with Crippen molar-refractivity contribution in [3.05, 3.63) is 60.7 Å². The number of anilines is 1. The Bertz CT molecular complexity index is 1540. The van der Waals surface area contributed by atoms with Gasteiger partial charge < -0.3 is 14.7 Å². The van der Waals surface area contributed by atoms with Crippen molar-refractivity contribution in [1.29, 1.82) is 0 Å². The van der Waals surface area contributed by atoms with Gasteiger partial charge in [0.25, 0.3) is 0 Å². The van der Waals surface area contributed by atoms with Crippen molar-refractivity contribution in [3.8, 4) is 22.8 Å². The molecule has 2 unspecified atom stereocenters. The van der Waals surface area contributed by atoms with E-state index in [1.807, 2.05) is 18.5 Å². The minimum atomic E-state index is 0.152. The number of aromatic hydroxyl groups is 1. The van der Waals surface area contributed by atoms with E-state index in [0.717, 1.165) is 53.9 Å². The second-order valence-electron chi connectivity index (χ2n) is 9.60. The molecule has 2 N–H and O–H groups in total. The highest BCUT2D eigenvalue weighted by molar-refractivity contribution is 6.00. The second-order valence-corrected chi connectivity index (χ2v) is 9.60. The molecule has 0 amide bonds. The Kier molecular flexibility index (Phi) is 4.81. The van der Waals surface area contributed by atoms with Gasteiger partial charge >= 0.3 is 0 Å². The first-order valence-electron chi connectivity index (χ1n) is 12.2. The molecular formula is C26H26N8O2. The molecule has 5 aromatic rings. The van der Waals surface area contributed by atoms with Gasteiger partial charge in [0.1, 0.15) is 11.6 Å². The molecule has 5 aromatic heterocycles. The Balaban J connectivity index is 1.12. The van der Waals surface area contributed by atoms with Crippen molar-refractivity contribution in [1.82, 2.24) is 34.7 Å². The SMILES string of the molecule is COc1ccc(CN2C3CCN(c4ccc(-c5cc(O)cn6nc7[nH]ncc7c56)cn4)CC2C3)cn1. The number of pyridine rings is 3. The first-order chi connectivity index (χ1) is 17.7. The van der Waals surface area contributed by atoms with Crippen LogP contribution in [0.4, 0.5) is 5.82 Å². The summed E-state index contributed by atoms with van der Waals surface area (Å²) in [6.07, 6.45) is 9.51. The zero-order valence-corrected chi connectivity index (χ0v) is 19.9. The first-order valence-corrected chi connectivity index (χ1v) is 12.2. The number of hydrogen-bond donors (Lipinski definition) is 2. The largest absolute Gasteiger partial charge is 0.506 e. The van der Waals surface area contributed by atoms with Crippen LogP contribution in [0.5, 0.6) is 11.6 Å². The van der Waals surface area contributed by atoms with Gasteiger partial charge in [-0.15, -0.1) is 5.10 Å². The molecule has 0 aliphatic carbocycles. The smallest absolute Gasteiger partial charge is 0.212 e. The predicted molar refractivity (Wildman–Crippen MR) is 135 cm³/mol. The van der Waals surface area contributed by atoms with Crippen molar-refractivity contribution < 1.29 is 9.84 Å². The average molecular weight is 483 g/mol. The normalized spacial score (nSPS) is 20.0. The highest BCUT2D eigenvalue weighted by Gasteiger charge is 2.41. The number of ether oxygens (including phenoxy) is 1. The third kappa shape index (κ3) is 3.44. The number of nitrogens with one attached hydrogen (secondary N) is 1. The minimum Gasteiger partial charge on any atom is -0.506 e. The molecule has 3 aliphatic rings. The van der Waals surface area contributed by atoms with E-state index in [9.17, 15) is 5.11 Å². The highest BCUT2D eigenvalue weighted by Crippen LogP contribution is 2.36. The molecule has 2 bridgehead atoms. The maximum absolute atomic E-state index is 10.3. The van der Waals surface area contributed by atoms with E-state index in [-0.39, 0.29) is 5.75 Å². The molecule has 2 atom stereocenters. The lowest BCUT2D eigenvalue weighted by atomic mass is 9.91. The molecule has 10 nitrogen and oxygen atoms in total. The molecule has 8 rings (SSSR count). The van der Waals surface area contributed by atoms with E-state index in [0.29, 0.717) is 23.6 Å². The summed E-state index contributed by atoms with van der Waals surface area (Å²) in [6.45, 7) is 2.86. The molecule has 0 radical (unpaired) electrons. The van der Waals surface area contributed by atoms with Crippen LogP contribution in [0.2, 0.25) is 0 Å². The lowest BCUT2D eigenvalue weighted by Crippen LogP contribution is -2.56. The Morgan fingerprint density at radius 1 is 1.11 bits per heavy atom. The second kappa shape index (κ2) is 8.20. The van der Waals surface area contributed by atoms with Gasteiger partial charge in [0, 0.05) is 61.3 Å². The topological polar surface area (TPSA) is 108 Å². The average Bonchev–Trinajstić information content (AvgIpc) is 3.34. The number of nitrogens with zero attached hydrogens (tertiary/aromatic N) is 7. The number of aromatic amines is 1. The summed E-state index contributed by atoms with van der Waals surface area (Å²) in [6, 6.07) is 11.1. The van der Waals surface area contributed by atoms with Crippen molar-refractivity contribution in [2.45, 2.75) is 31.5 Å². The van der Waals surface area contributed by atoms with E-state index >= 15 is 0 Å². The predicted octanol–water partition coefficient (Wildman–Crippen LogP) is 3.24. The summed E-state index contributed by atoms with van der Waals surface area (Å²) in [7, 11) is 1.64. The highest BCUT2D eigenvalue weighted by atomic mass is 16.5. The number of hydrogen-bond acceptors (Lipinski definition) is 8. The van der Waals surface area contributed by atoms with Gasteiger partial charge in [0.2, 0.25) is 5.88 Å². The van der Waals surface area contributed by atoms with E-state index in [4.69, 9.17) is 9.72 Å². The van der Waals surface area contributed by atoms with E-state index < -0.39 is 0 Å². The van der Waals surface area contributed by atoms with Crippen LogP contribution in [0.1, 0.15) is 18.4 Å². The fourth-order valence-electron chi connectivity index (χ4n) is 5.66. The molecule has 3 saturated heterocycles. The van der Waals surface area contributed by atoms with Gasteiger partial charge in [-0.2, -0.15) is 5.10 Å². The number of aromatic nitrogens is 6. The minimum absolute atomic E-state index is 0.152. The van der Waals surface area contributed by atoms with Crippen molar-refractivity contribution in [3.63, 3.8) is 0 Å². The third-order valence-corrected chi connectivity index (χ3v) is 7.51. The molecule has 10 heteroatoms. The Labute approximate surface area is 207 Å². The van der Waals surface area contributed by atoms with Crippen LogP contribution < -0.4 is 9.64 Å². The molecule has 3 aliphatic heterocycles. The molecule has 36 heavy (non-hydrogen) atoms. The fourth-order valence-corrected chi connectivity index (χ4v) is 5.66. The van der Waals surface area contributed by atoms with Crippen LogP contribution in [0.25, 0.3) is 27.7 Å². The van der Waals surface area contributed by atoms with Gasteiger partial charge in [0.05, 0.1) is 30.4 Å². The maximum Gasteiger partial charge on any atom is 0.212 e. The Hall–Kier alpha value is -4.18. The summed E-state index contributed by atoms with van der Waals surface area (Å²) in [4.78, 5) is 14.2. The first kappa shape index (κ1) is 21.1. The third-order valence-electron chi connectivity index (χ3n) is 7.51. The standard InChI is InChI=1S/C26H26N8O2/c1-36-24-5-2-16(10-28-24)13-33-18-6-7-32(14-19(33)8-18)23-4-3-17(11-27-23)21-9-20(35)15-34-25(21)22-12-29-30-26(22)31-34/h2-5,9-12,15,18-19,35H,6-8,13-14H2,1H3,(H,30,31). The number of methoxy groups -OCH3 is 1. The monoisotopic (exact) mass is 482 g/mol. The lowest BCUT2D eigenvalue weighted by Gasteiger charge is -2.47. The van der Waals surface area contributed by atoms with Crippen molar-refractivity contribution in [2.75, 3.05) is 25.1 Å². The Morgan fingerprint density at radius 2 is 2.06 bits per heavy atom. The summed E-state index contributed by atoms with van der Waals surface area (Å²) < 4.78 is 6.88. The summed E-state index contributed by atoms with van der Waals surface area (Å²) in [5.74, 6) is 1.78. The molecule has 8 heterocycles. The van der Waals surface area contributed by atoms with Crippen LogP contribution in [-0.4, -0.2) is 72.1 Å². The zero-order chi connectivity index (χ0) is 24.2. The fraction of sp³-hybridized carbons (Fsp3) is 0.308. The summed E-state index contributed by atoms with van der Waals surface area (Å²) >= 11 is 0. The Morgan fingerprint density at radius 3 is 2.86 bits per heavy atom. The summed E-state index contributed by atoms with van der Waals surface area (Å²) in [5, 5.41) is 22.7. The van der Waals surface area contributed by atoms with Crippen LogP contribution in [0.3, 0.4) is 0 Å². The van der Waals surface area contributed by atoms with Crippen LogP contribution in [0, 0.1) is 0 Å². The van der Waals surface area contributed by atoms with Gasteiger partial charge in [-0.25, -0.2) is 14.5 Å². The number of H-pyrrole nitrogens is 1. The van der Waals surface area contributed by atoms with Crippen molar-refractivity contribution >= 4 is 22.4 Å². The molecule has 0 aromatic carbocycles. The molecule has 0 spiro atoms. The van der Waals surface area contributed by atoms with Crippen LogP contribution in [-0.2, 0) is 6.54 Å². The summed E-state index contributed by atoms with van der Waals surface area (Å²) in [5.41, 5.74) is 4.59. The zero-order valence-electron chi connectivity index (χ0n) is 19.9. The quantitative estimate of drug-likeness (QED) is 0.393. The van der Waals surface area contributed by atoms with Gasteiger partial charge in [-0.05, 0) is 36.6 Å². The molecule has 3 fully saturated rings. The molecule has 0 saturated carbocycles. The lowest BCUT2D eigenvalue weighted by molar-refractivity contribution is 0.0198. The maximum atomic E-state index is 10.3. The van der Waals surface area contributed by atoms with Gasteiger partial charge in [0.15, 0.2) is 5.65 Å². The number of fused-ring (bicyclic) bond motifs is 6. The van der Waals surface area contributed by atoms with Gasteiger partial charge in [-0.1, -0.05) is 6.07 Å². The van der Waals surface area contributed by atoms with E-state index in [1.54, 1.807) is 30.1 Å². The van der Waals surface area contributed by atoms with E-state index in [1.165, 1.54) is 12.0 Å². The number of rotatable bonds is 5. The molecular weight excluding hydrogens is 456 g/mol. The van der Waals surface area contributed by atoms with Gasteiger partial charge in [-0.3, -0.25) is 10.00 Å². The van der Waals surface area contributed by atoms with Crippen molar-refractivity contribution in [2.24, 2.45) is 0 Å². The van der Waals surface area contributed by atoms with Crippen LogP contribution >= 0.6 is 0 Å². The van der Waals surface area contributed by atoms with E-state index in [2.05, 4.69) is 48.3 Å². The van der Waals surface area contributed by atoms with Crippen LogP contribution in [0.15, 0.2) is 55.1 Å².